The summed E-state index contributed by atoms with van der Waals surface area (Å²) in [6, 6.07) is 12.8. The molecule has 1 unspecified atom stereocenters. The van der Waals surface area contributed by atoms with Crippen LogP contribution in [0.2, 0.25) is 0 Å². The van der Waals surface area contributed by atoms with E-state index in [0.29, 0.717) is 12.2 Å². The molecule has 0 fully saturated rings. The Kier molecular flexibility index (Phi) is 8.41. The van der Waals surface area contributed by atoms with Crippen LogP contribution >= 0.6 is 0 Å². The molecule has 0 spiro atoms. The number of carbonyl (C=O) groups is 2. The van der Waals surface area contributed by atoms with Gasteiger partial charge < -0.3 is 19.3 Å². The van der Waals surface area contributed by atoms with E-state index in [4.69, 9.17) is 9.47 Å². The molecular weight excluding hydrogens is 411 g/mol. The Morgan fingerprint density at radius 3 is 2.28 bits per heavy atom. The van der Waals surface area contributed by atoms with Crippen LogP contribution in [-0.4, -0.2) is 48.7 Å². The van der Waals surface area contributed by atoms with Gasteiger partial charge in [0.25, 0.3) is 0 Å². The van der Waals surface area contributed by atoms with Crippen molar-refractivity contribution in [2.24, 2.45) is 0 Å². The number of ether oxygens (including phenoxy) is 2. The molecule has 32 heavy (non-hydrogen) atoms. The molecule has 0 radical (unpaired) electrons. The van der Waals surface area contributed by atoms with Crippen molar-refractivity contribution in [1.29, 1.82) is 0 Å². The van der Waals surface area contributed by atoms with Gasteiger partial charge in [-0.2, -0.15) is 0 Å². The maximum atomic E-state index is 13.1. The van der Waals surface area contributed by atoms with Crippen LogP contribution in [0.5, 0.6) is 5.75 Å². The third-order valence-electron chi connectivity index (χ3n) is 4.50. The molecule has 7 heteroatoms. The van der Waals surface area contributed by atoms with Gasteiger partial charge in [-0.15, -0.1) is 0 Å². The second-order valence-electron chi connectivity index (χ2n) is 8.63. The quantitative estimate of drug-likeness (QED) is 0.559. The van der Waals surface area contributed by atoms with Crippen molar-refractivity contribution in [2.75, 3.05) is 21.1 Å². The van der Waals surface area contributed by atoms with Crippen molar-refractivity contribution in [1.82, 2.24) is 9.80 Å². The highest BCUT2D eigenvalue weighted by atomic mass is 19.1. The second-order valence-corrected chi connectivity index (χ2v) is 8.63. The average Bonchev–Trinajstić information content (AvgIpc) is 2.71. The monoisotopic (exact) mass is 442 g/mol. The van der Waals surface area contributed by atoms with Gasteiger partial charge in [-0.3, -0.25) is 0 Å². The summed E-state index contributed by atoms with van der Waals surface area (Å²) in [5, 5.41) is 0. The predicted molar refractivity (Wildman–Crippen MR) is 123 cm³/mol. The van der Waals surface area contributed by atoms with Gasteiger partial charge in [-0.25, -0.2) is 14.0 Å². The first-order valence-corrected chi connectivity index (χ1v) is 10.3. The van der Waals surface area contributed by atoms with Crippen LogP contribution in [0.25, 0.3) is 6.08 Å². The van der Waals surface area contributed by atoms with Crippen molar-refractivity contribution in [3.05, 3.63) is 71.6 Å². The minimum Gasteiger partial charge on any atom is -0.444 e. The van der Waals surface area contributed by atoms with E-state index in [9.17, 15) is 14.0 Å². The van der Waals surface area contributed by atoms with Gasteiger partial charge in [-0.05, 0) is 62.6 Å². The molecule has 2 rings (SSSR count). The number of rotatable bonds is 6. The Labute approximate surface area is 189 Å². The highest BCUT2D eigenvalue weighted by Crippen LogP contribution is 2.29. The Morgan fingerprint density at radius 1 is 1.03 bits per heavy atom. The van der Waals surface area contributed by atoms with Gasteiger partial charge in [0.05, 0.1) is 6.04 Å². The zero-order valence-electron chi connectivity index (χ0n) is 19.5. The van der Waals surface area contributed by atoms with Crippen LogP contribution in [0.15, 0.2) is 54.6 Å². The standard InChI is InChI=1S/C25H31FN2O4/c1-25(2,3)32-24(30)28(6)22(12-7-9-18-13-15-20(26)16-14-18)19-10-8-11-21(17-19)31-23(29)27(4)5/h7-11,13-17,22H,12H2,1-6H3. The lowest BCUT2D eigenvalue weighted by Crippen LogP contribution is -2.36. The average molecular weight is 443 g/mol. The maximum absolute atomic E-state index is 13.1. The topological polar surface area (TPSA) is 59.1 Å². The molecule has 2 aromatic carbocycles. The minimum atomic E-state index is -0.636. The third kappa shape index (κ3) is 7.72. The van der Waals surface area contributed by atoms with Crippen LogP contribution in [0.4, 0.5) is 14.0 Å². The minimum absolute atomic E-state index is 0.297. The highest BCUT2D eigenvalue weighted by molar-refractivity contribution is 5.70. The van der Waals surface area contributed by atoms with Gasteiger partial charge in [0.2, 0.25) is 0 Å². The zero-order chi connectivity index (χ0) is 23.9. The van der Waals surface area contributed by atoms with Gasteiger partial charge in [-0.1, -0.05) is 36.4 Å². The van der Waals surface area contributed by atoms with Crippen LogP contribution in [0, 0.1) is 5.82 Å². The lowest BCUT2D eigenvalue weighted by Gasteiger charge is -2.30. The van der Waals surface area contributed by atoms with Crippen molar-refractivity contribution in [2.45, 2.75) is 38.8 Å². The number of hydrogen-bond donors (Lipinski definition) is 0. The molecule has 0 saturated heterocycles. The van der Waals surface area contributed by atoms with E-state index < -0.39 is 17.8 Å². The first kappa shape index (κ1) is 24.9. The summed E-state index contributed by atoms with van der Waals surface area (Å²) in [6.07, 6.45) is 3.30. The molecule has 0 N–H and O–H groups in total. The number of carbonyl (C=O) groups excluding carboxylic acids is 2. The van der Waals surface area contributed by atoms with E-state index in [1.54, 1.807) is 51.5 Å². The summed E-state index contributed by atoms with van der Waals surface area (Å²) in [7, 11) is 4.88. The van der Waals surface area contributed by atoms with Crippen LogP contribution in [-0.2, 0) is 4.74 Å². The fraction of sp³-hybridized carbons (Fsp3) is 0.360. The second kappa shape index (κ2) is 10.8. The molecule has 2 aromatic rings. The number of nitrogens with zero attached hydrogens (tertiary/aromatic N) is 2. The van der Waals surface area contributed by atoms with Gasteiger partial charge in [0, 0.05) is 21.1 Å². The molecule has 0 saturated carbocycles. The lowest BCUT2D eigenvalue weighted by atomic mass is 10.0. The van der Waals surface area contributed by atoms with Gasteiger partial charge in [0.15, 0.2) is 0 Å². The molecule has 2 amide bonds. The van der Waals surface area contributed by atoms with Crippen LogP contribution in [0.1, 0.15) is 44.4 Å². The summed E-state index contributed by atoms with van der Waals surface area (Å²) in [4.78, 5) is 27.5. The van der Waals surface area contributed by atoms with Gasteiger partial charge >= 0.3 is 12.2 Å². The number of amides is 2. The van der Waals surface area contributed by atoms with E-state index in [2.05, 4.69) is 0 Å². The van der Waals surface area contributed by atoms with E-state index in [0.717, 1.165) is 11.1 Å². The Balaban J connectivity index is 2.29. The fourth-order valence-corrected chi connectivity index (χ4v) is 2.86. The summed E-state index contributed by atoms with van der Waals surface area (Å²) in [5.41, 5.74) is 0.994. The predicted octanol–water partition coefficient (Wildman–Crippen LogP) is 5.90. The van der Waals surface area contributed by atoms with Crippen molar-refractivity contribution in [3.8, 4) is 5.75 Å². The Hall–Kier alpha value is -3.35. The van der Waals surface area contributed by atoms with E-state index in [1.165, 1.54) is 21.9 Å². The largest absolute Gasteiger partial charge is 0.444 e. The molecule has 0 heterocycles. The van der Waals surface area contributed by atoms with Crippen molar-refractivity contribution < 1.29 is 23.5 Å². The maximum Gasteiger partial charge on any atom is 0.414 e. The third-order valence-corrected chi connectivity index (χ3v) is 4.50. The van der Waals surface area contributed by atoms with Crippen molar-refractivity contribution in [3.63, 3.8) is 0 Å². The normalized spacial score (nSPS) is 12.3. The summed E-state index contributed by atoms with van der Waals surface area (Å²) < 4.78 is 24.1. The molecular formula is C25H31FN2O4. The number of halogens is 1. The zero-order valence-corrected chi connectivity index (χ0v) is 19.5. The number of hydrogen-bond acceptors (Lipinski definition) is 4. The molecule has 172 valence electrons. The summed E-state index contributed by atoms with van der Waals surface area (Å²) in [5.74, 6) is 0.0834. The first-order chi connectivity index (χ1) is 15.0. The van der Waals surface area contributed by atoms with E-state index in [1.807, 2.05) is 39.0 Å². The van der Waals surface area contributed by atoms with Crippen LogP contribution in [0.3, 0.4) is 0 Å². The van der Waals surface area contributed by atoms with E-state index >= 15 is 0 Å². The summed E-state index contributed by atoms with van der Waals surface area (Å²) >= 11 is 0. The Bertz CT molecular complexity index is 949. The SMILES string of the molecule is CN(C)C(=O)Oc1cccc(C(CC=Cc2ccc(F)cc2)N(C)C(=O)OC(C)(C)C)c1. The molecule has 6 nitrogen and oxygen atoms in total. The Morgan fingerprint density at radius 2 is 1.69 bits per heavy atom. The fourth-order valence-electron chi connectivity index (χ4n) is 2.86. The molecule has 0 aromatic heterocycles. The number of benzene rings is 2. The molecule has 0 aliphatic rings. The molecule has 0 aliphatic heterocycles. The van der Waals surface area contributed by atoms with Crippen LogP contribution < -0.4 is 4.74 Å². The van der Waals surface area contributed by atoms with E-state index in [-0.39, 0.29) is 11.9 Å². The lowest BCUT2D eigenvalue weighted by molar-refractivity contribution is 0.0221. The highest BCUT2D eigenvalue weighted by Gasteiger charge is 2.26. The summed E-state index contributed by atoms with van der Waals surface area (Å²) in [6.45, 7) is 5.43. The molecule has 1 atom stereocenters. The first-order valence-electron chi connectivity index (χ1n) is 10.3. The van der Waals surface area contributed by atoms with Gasteiger partial charge in [0.1, 0.15) is 17.2 Å². The molecule has 0 bridgehead atoms. The smallest absolute Gasteiger partial charge is 0.414 e. The molecule has 0 aliphatic carbocycles. The van der Waals surface area contributed by atoms with Crippen molar-refractivity contribution >= 4 is 18.3 Å².